The summed E-state index contributed by atoms with van der Waals surface area (Å²) in [5.41, 5.74) is 5.54. The van der Waals surface area contributed by atoms with Gasteiger partial charge in [0.15, 0.2) is 6.33 Å². The van der Waals surface area contributed by atoms with Crippen LogP contribution in [-0.4, -0.2) is 29.4 Å². The van der Waals surface area contributed by atoms with Crippen molar-refractivity contribution in [1.82, 2.24) is 10.1 Å². The molecule has 0 radical (unpaired) electrons. The molecular formula is C7H11N3O2. The largest absolute Gasteiger partial charge is 0.379 e. The molecule has 1 saturated heterocycles. The highest BCUT2D eigenvalue weighted by atomic mass is 16.5. The van der Waals surface area contributed by atoms with Crippen molar-refractivity contribution in [3.8, 4) is 0 Å². The molecule has 2 heterocycles. The Morgan fingerprint density at radius 2 is 2.58 bits per heavy atom. The Hall–Kier alpha value is -0.940. The molecule has 1 aliphatic rings. The van der Waals surface area contributed by atoms with Gasteiger partial charge in [-0.2, -0.15) is 4.98 Å². The Morgan fingerprint density at radius 3 is 3.08 bits per heavy atom. The number of hydrogen-bond donors (Lipinski definition) is 1. The Kier molecular flexibility index (Phi) is 1.62. The third-order valence-corrected chi connectivity index (χ3v) is 2.37. The van der Waals surface area contributed by atoms with E-state index in [1.165, 1.54) is 6.33 Å². The van der Waals surface area contributed by atoms with Crippen LogP contribution in [0.4, 0.5) is 0 Å². The van der Waals surface area contributed by atoms with Crippen LogP contribution in [0.1, 0.15) is 12.8 Å². The summed E-state index contributed by atoms with van der Waals surface area (Å²) in [4.78, 5) is 3.98. The monoisotopic (exact) mass is 169 g/mol. The van der Waals surface area contributed by atoms with Crippen molar-refractivity contribution in [1.29, 1.82) is 0 Å². The minimum Gasteiger partial charge on any atom is -0.379 e. The Morgan fingerprint density at radius 1 is 1.75 bits per heavy atom. The van der Waals surface area contributed by atoms with Crippen LogP contribution in [0.2, 0.25) is 0 Å². The molecule has 0 aromatic carbocycles. The van der Waals surface area contributed by atoms with Crippen LogP contribution in [0.15, 0.2) is 10.9 Å². The number of nitrogens with zero attached hydrogens (tertiary/aromatic N) is 2. The zero-order valence-electron chi connectivity index (χ0n) is 6.86. The molecule has 1 aliphatic heterocycles. The van der Waals surface area contributed by atoms with Gasteiger partial charge < -0.3 is 15.0 Å². The topological polar surface area (TPSA) is 74.2 Å². The predicted octanol–water partition coefficient (Wildman–Crippen LogP) is -0.315. The number of ether oxygens (including phenoxy) is 1. The van der Waals surface area contributed by atoms with Crippen molar-refractivity contribution < 1.29 is 9.26 Å². The van der Waals surface area contributed by atoms with Gasteiger partial charge in [0.25, 0.3) is 0 Å². The number of nitrogens with two attached hydrogens (primary N) is 1. The first-order chi connectivity index (χ1) is 5.73. The van der Waals surface area contributed by atoms with Crippen LogP contribution in [0.25, 0.3) is 0 Å². The van der Waals surface area contributed by atoms with Gasteiger partial charge in [-0.15, -0.1) is 0 Å². The molecular weight excluding hydrogens is 158 g/mol. The van der Waals surface area contributed by atoms with Crippen molar-refractivity contribution in [3.63, 3.8) is 0 Å². The highest BCUT2D eigenvalue weighted by molar-refractivity contribution is 5.09. The van der Waals surface area contributed by atoms with Gasteiger partial charge >= 0.3 is 0 Å². The lowest BCUT2D eigenvalue weighted by molar-refractivity contribution is 0.169. The Bertz CT molecular complexity index is 262. The molecule has 2 N–H and O–H groups in total. The second kappa shape index (κ2) is 2.53. The number of aromatic nitrogens is 2. The van der Waals surface area contributed by atoms with Crippen LogP contribution in [-0.2, 0) is 10.2 Å². The van der Waals surface area contributed by atoms with E-state index in [0.29, 0.717) is 19.1 Å². The molecule has 2 rings (SSSR count). The summed E-state index contributed by atoms with van der Waals surface area (Å²) in [5, 5.41) is 3.55. The van der Waals surface area contributed by atoms with Crippen molar-refractivity contribution in [2.75, 3.05) is 13.2 Å². The first-order valence-electron chi connectivity index (χ1n) is 3.84. The highest BCUT2D eigenvalue weighted by Gasteiger charge is 2.43. The second-order valence-electron chi connectivity index (χ2n) is 3.29. The molecule has 0 amide bonds. The third kappa shape index (κ3) is 0.937. The molecule has 1 aromatic rings. The lowest BCUT2D eigenvalue weighted by atomic mass is 9.86. The highest BCUT2D eigenvalue weighted by Crippen LogP contribution is 2.29. The summed E-state index contributed by atoms with van der Waals surface area (Å²) < 4.78 is 10.2. The molecule has 5 nitrogen and oxygen atoms in total. The fraction of sp³-hybridized carbons (Fsp3) is 0.714. The second-order valence-corrected chi connectivity index (χ2v) is 3.29. The average Bonchev–Trinajstić information content (AvgIpc) is 2.62. The van der Waals surface area contributed by atoms with Gasteiger partial charge in [-0.1, -0.05) is 5.16 Å². The lowest BCUT2D eigenvalue weighted by Crippen LogP contribution is -2.42. The normalized spacial score (nSPS) is 35.7. The van der Waals surface area contributed by atoms with Crippen molar-refractivity contribution in [3.05, 3.63) is 12.2 Å². The molecule has 0 spiro atoms. The van der Waals surface area contributed by atoms with Gasteiger partial charge in [0.2, 0.25) is 5.89 Å². The van der Waals surface area contributed by atoms with Gasteiger partial charge in [0.05, 0.1) is 18.6 Å². The maximum Gasteiger partial charge on any atom is 0.236 e. The number of rotatable bonds is 1. The van der Waals surface area contributed by atoms with E-state index in [-0.39, 0.29) is 11.5 Å². The smallest absolute Gasteiger partial charge is 0.236 e. The summed E-state index contributed by atoms with van der Waals surface area (Å²) in [7, 11) is 0. The standard InChI is InChI=1S/C7H11N3O2/c1-7(3-11-2-5(7)8)6-9-4-10-12-6/h4-5H,2-3,8H2,1H3. The van der Waals surface area contributed by atoms with E-state index < -0.39 is 0 Å². The summed E-state index contributed by atoms with van der Waals surface area (Å²) in [6, 6.07) is -0.0575. The van der Waals surface area contributed by atoms with E-state index >= 15 is 0 Å². The lowest BCUT2D eigenvalue weighted by Gasteiger charge is -2.21. The van der Waals surface area contributed by atoms with E-state index in [4.69, 9.17) is 15.0 Å². The zero-order valence-corrected chi connectivity index (χ0v) is 6.86. The van der Waals surface area contributed by atoms with Crippen LogP contribution in [0.3, 0.4) is 0 Å². The molecule has 1 fully saturated rings. The van der Waals surface area contributed by atoms with Crippen molar-refractivity contribution in [2.24, 2.45) is 5.73 Å². The van der Waals surface area contributed by atoms with Gasteiger partial charge in [-0.25, -0.2) is 0 Å². The van der Waals surface area contributed by atoms with Gasteiger partial charge in [-0.05, 0) is 6.92 Å². The molecule has 5 heteroatoms. The van der Waals surface area contributed by atoms with Crippen LogP contribution >= 0.6 is 0 Å². The van der Waals surface area contributed by atoms with Gasteiger partial charge in [0.1, 0.15) is 0 Å². The summed E-state index contributed by atoms with van der Waals surface area (Å²) in [6.45, 7) is 3.08. The Labute approximate surface area is 69.9 Å². The van der Waals surface area contributed by atoms with Crippen LogP contribution in [0, 0.1) is 0 Å². The van der Waals surface area contributed by atoms with E-state index in [2.05, 4.69) is 10.1 Å². The molecule has 66 valence electrons. The Balaban J connectivity index is 2.32. The maximum atomic E-state index is 5.85. The molecule has 0 saturated carbocycles. The van der Waals surface area contributed by atoms with Crippen LogP contribution in [0.5, 0.6) is 0 Å². The SMILES string of the molecule is CC1(c2ncno2)COCC1N. The van der Waals surface area contributed by atoms with Gasteiger partial charge in [-0.3, -0.25) is 0 Å². The molecule has 0 aliphatic carbocycles. The average molecular weight is 169 g/mol. The first kappa shape index (κ1) is 7.70. The minimum atomic E-state index is -0.309. The van der Waals surface area contributed by atoms with E-state index in [9.17, 15) is 0 Å². The van der Waals surface area contributed by atoms with Crippen molar-refractivity contribution in [2.45, 2.75) is 18.4 Å². The van der Waals surface area contributed by atoms with Crippen LogP contribution < -0.4 is 5.73 Å². The molecule has 2 atom stereocenters. The summed E-state index contributed by atoms with van der Waals surface area (Å²) >= 11 is 0. The van der Waals surface area contributed by atoms with E-state index in [1.807, 2.05) is 6.92 Å². The predicted molar refractivity (Wildman–Crippen MR) is 40.4 cm³/mol. The quantitative estimate of drug-likeness (QED) is 0.624. The van der Waals surface area contributed by atoms with Crippen molar-refractivity contribution >= 4 is 0 Å². The first-order valence-corrected chi connectivity index (χ1v) is 3.84. The summed E-state index contributed by atoms with van der Waals surface area (Å²) in [6.07, 6.45) is 1.38. The maximum absolute atomic E-state index is 5.85. The molecule has 0 bridgehead atoms. The number of hydrogen-bond acceptors (Lipinski definition) is 5. The third-order valence-electron chi connectivity index (χ3n) is 2.37. The zero-order chi connectivity index (χ0) is 8.60. The molecule has 1 aromatic heterocycles. The van der Waals surface area contributed by atoms with E-state index in [1.54, 1.807) is 0 Å². The van der Waals surface area contributed by atoms with Gasteiger partial charge in [0, 0.05) is 6.04 Å². The minimum absolute atomic E-state index is 0.0575. The fourth-order valence-corrected chi connectivity index (χ4v) is 1.33. The molecule has 12 heavy (non-hydrogen) atoms. The molecule has 2 unspecified atom stereocenters. The summed E-state index contributed by atoms with van der Waals surface area (Å²) in [5.74, 6) is 0.563. The fourth-order valence-electron chi connectivity index (χ4n) is 1.33. The van der Waals surface area contributed by atoms with E-state index in [0.717, 1.165) is 0 Å².